The van der Waals surface area contributed by atoms with Crippen molar-refractivity contribution in [3.8, 4) is 0 Å². The van der Waals surface area contributed by atoms with Crippen LogP contribution in [0.5, 0.6) is 0 Å². The molecule has 3 heterocycles. The number of nitrogens with one attached hydrogen (secondary N) is 1. The van der Waals surface area contributed by atoms with Gasteiger partial charge in [-0.05, 0) is 30.5 Å². The number of carbonyl (C=O) groups is 2. The SMILES string of the molecule is O=C1Nc2ccccc2CCC1N1CCN(C(=O)c2ccoc2)CC1. The number of rotatable bonds is 2. The number of fused-ring (bicyclic) bond motifs is 1. The molecule has 2 aromatic rings. The Morgan fingerprint density at radius 2 is 1.92 bits per heavy atom. The summed E-state index contributed by atoms with van der Waals surface area (Å²) in [4.78, 5) is 29.0. The summed E-state index contributed by atoms with van der Waals surface area (Å²) in [6.07, 6.45) is 4.67. The third kappa shape index (κ3) is 3.17. The molecule has 1 fully saturated rings. The first-order valence-electron chi connectivity index (χ1n) is 8.66. The predicted octanol–water partition coefficient (Wildman–Crippen LogP) is 1.99. The van der Waals surface area contributed by atoms with Gasteiger partial charge in [0.25, 0.3) is 5.91 Å². The highest BCUT2D eigenvalue weighted by molar-refractivity contribution is 5.96. The lowest BCUT2D eigenvalue weighted by Crippen LogP contribution is -2.54. The van der Waals surface area contributed by atoms with Crippen LogP contribution in [0.3, 0.4) is 0 Å². The summed E-state index contributed by atoms with van der Waals surface area (Å²) in [6, 6.07) is 9.52. The lowest BCUT2D eigenvalue weighted by Gasteiger charge is -2.38. The molecule has 1 aromatic carbocycles. The third-order valence-electron chi connectivity index (χ3n) is 5.08. The fraction of sp³-hybridized carbons (Fsp3) is 0.368. The molecule has 25 heavy (non-hydrogen) atoms. The molecule has 0 aliphatic carbocycles. The van der Waals surface area contributed by atoms with Crippen LogP contribution in [0.1, 0.15) is 22.3 Å². The Labute approximate surface area is 146 Å². The molecule has 0 bridgehead atoms. The predicted molar refractivity (Wildman–Crippen MR) is 93.4 cm³/mol. The van der Waals surface area contributed by atoms with E-state index >= 15 is 0 Å². The second kappa shape index (κ2) is 6.72. The number of benzene rings is 1. The van der Waals surface area contributed by atoms with Crippen LogP contribution in [0.4, 0.5) is 5.69 Å². The first-order chi connectivity index (χ1) is 12.2. The lowest BCUT2D eigenvalue weighted by atomic mass is 10.0. The maximum absolute atomic E-state index is 12.6. The Kier molecular flexibility index (Phi) is 4.28. The molecule has 1 atom stereocenters. The summed E-state index contributed by atoms with van der Waals surface area (Å²) in [5.41, 5.74) is 2.69. The van der Waals surface area contributed by atoms with Crippen molar-refractivity contribution in [3.63, 3.8) is 0 Å². The fourth-order valence-corrected chi connectivity index (χ4v) is 3.65. The van der Waals surface area contributed by atoms with Crippen LogP contribution in [0.15, 0.2) is 47.3 Å². The van der Waals surface area contributed by atoms with Gasteiger partial charge < -0.3 is 14.6 Å². The highest BCUT2D eigenvalue weighted by Crippen LogP contribution is 2.24. The van der Waals surface area contributed by atoms with Crippen molar-refractivity contribution in [2.24, 2.45) is 0 Å². The molecule has 0 saturated carbocycles. The zero-order valence-electron chi connectivity index (χ0n) is 14.0. The minimum absolute atomic E-state index is 0.00822. The maximum Gasteiger partial charge on any atom is 0.257 e. The third-order valence-corrected chi connectivity index (χ3v) is 5.08. The van der Waals surface area contributed by atoms with Gasteiger partial charge in [-0.15, -0.1) is 0 Å². The standard InChI is InChI=1S/C19H21N3O3/c23-18-17(6-5-14-3-1-2-4-16(14)20-18)21-8-10-22(11-9-21)19(24)15-7-12-25-13-15/h1-4,7,12-13,17H,5-6,8-11H2,(H,20,23). The van der Waals surface area contributed by atoms with Gasteiger partial charge in [-0.2, -0.15) is 0 Å². The Balaban J connectivity index is 1.39. The average molecular weight is 339 g/mol. The first kappa shape index (κ1) is 15.9. The van der Waals surface area contributed by atoms with Crippen molar-refractivity contribution in [1.29, 1.82) is 0 Å². The van der Waals surface area contributed by atoms with Gasteiger partial charge in [0.2, 0.25) is 5.91 Å². The quantitative estimate of drug-likeness (QED) is 0.909. The van der Waals surface area contributed by atoms with Crippen LogP contribution in [-0.2, 0) is 11.2 Å². The van der Waals surface area contributed by atoms with Gasteiger partial charge in [0.05, 0.1) is 17.9 Å². The summed E-state index contributed by atoms with van der Waals surface area (Å²) in [5.74, 6) is 0.0469. The molecule has 1 aromatic heterocycles. The van der Waals surface area contributed by atoms with Crippen molar-refractivity contribution in [2.45, 2.75) is 18.9 Å². The maximum atomic E-state index is 12.6. The summed E-state index contributed by atoms with van der Waals surface area (Å²) in [5, 5.41) is 3.05. The van der Waals surface area contributed by atoms with E-state index in [-0.39, 0.29) is 17.9 Å². The van der Waals surface area contributed by atoms with Gasteiger partial charge in [0.15, 0.2) is 0 Å². The number of anilines is 1. The number of carbonyl (C=O) groups excluding carboxylic acids is 2. The van der Waals surface area contributed by atoms with Crippen molar-refractivity contribution < 1.29 is 14.0 Å². The van der Waals surface area contributed by atoms with E-state index in [2.05, 4.69) is 16.3 Å². The van der Waals surface area contributed by atoms with Crippen LogP contribution in [-0.4, -0.2) is 53.8 Å². The largest absolute Gasteiger partial charge is 0.472 e. The molecular weight excluding hydrogens is 318 g/mol. The van der Waals surface area contributed by atoms with E-state index in [0.717, 1.165) is 18.5 Å². The van der Waals surface area contributed by atoms with Crippen LogP contribution >= 0.6 is 0 Å². The molecule has 0 spiro atoms. The number of para-hydroxylation sites is 1. The lowest BCUT2D eigenvalue weighted by molar-refractivity contribution is -0.122. The molecule has 2 aliphatic rings. The average Bonchev–Trinajstić information content (AvgIpc) is 3.12. The number of hydrogen-bond donors (Lipinski definition) is 1. The molecule has 6 nitrogen and oxygen atoms in total. The first-order valence-corrected chi connectivity index (χ1v) is 8.66. The monoisotopic (exact) mass is 339 g/mol. The van der Waals surface area contributed by atoms with Crippen LogP contribution in [0.2, 0.25) is 0 Å². The topological polar surface area (TPSA) is 65.8 Å². The second-order valence-corrected chi connectivity index (χ2v) is 6.54. The van der Waals surface area contributed by atoms with E-state index < -0.39 is 0 Å². The molecule has 4 rings (SSSR count). The van der Waals surface area contributed by atoms with E-state index in [1.165, 1.54) is 18.1 Å². The zero-order chi connectivity index (χ0) is 17.2. The normalized spacial score (nSPS) is 21.4. The van der Waals surface area contributed by atoms with Crippen molar-refractivity contribution in [3.05, 3.63) is 54.0 Å². The number of hydrogen-bond acceptors (Lipinski definition) is 4. The van der Waals surface area contributed by atoms with E-state index in [4.69, 9.17) is 4.42 Å². The van der Waals surface area contributed by atoms with Crippen LogP contribution in [0, 0.1) is 0 Å². The van der Waals surface area contributed by atoms with Gasteiger partial charge in [-0.25, -0.2) is 0 Å². The molecule has 2 aliphatic heterocycles. The Hall–Kier alpha value is -2.60. The molecule has 6 heteroatoms. The van der Waals surface area contributed by atoms with Gasteiger partial charge in [-0.3, -0.25) is 14.5 Å². The Bertz CT molecular complexity index is 764. The molecule has 1 saturated heterocycles. The highest BCUT2D eigenvalue weighted by Gasteiger charge is 2.32. The van der Waals surface area contributed by atoms with Crippen molar-refractivity contribution in [2.75, 3.05) is 31.5 Å². The number of amides is 2. The van der Waals surface area contributed by atoms with E-state index in [9.17, 15) is 9.59 Å². The molecular formula is C19H21N3O3. The summed E-state index contributed by atoms with van der Waals surface area (Å²) in [7, 11) is 0. The molecule has 2 amide bonds. The summed E-state index contributed by atoms with van der Waals surface area (Å²) in [6.45, 7) is 2.66. The molecule has 130 valence electrons. The van der Waals surface area contributed by atoms with Gasteiger partial charge in [0.1, 0.15) is 6.26 Å². The summed E-state index contributed by atoms with van der Waals surface area (Å²) < 4.78 is 4.99. The van der Waals surface area contributed by atoms with Gasteiger partial charge >= 0.3 is 0 Å². The van der Waals surface area contributed by atoms with E-state index in [1.54, 1.807) is 6.07 Å². The number of piperazine rings is 1. The van der Waals surface area contributed by atoms with Crippen LogP contribution in [0.25, 0.3) is 0 Å². The number of nitrogens with zero attached hydrogens (tertiary/aromatic N) is 2. The second-order valence-electron chi connectivity index (χ2n) is 6.54. The van der Waals surface area contributed by atoms with Gasteiger partial charge in [0, 0.05) is 31.9 Å². The Morgan fingerprint density at radius 3 is 2.68 bits per heavy atom. The summed E-state index contributed by atoms with van der Waals surface area (Å²) >= 11 is 0. The minimum atomic E-state index is -0.140. The Morgan fingerprint density at radius 1 is 1.12 bits per heavy atom. The van der Waals surface area contributed by atoms with Crippen molar-refractivity contribution in [1.82, 2.24) is 9.80 Å². The van der Waals surface area contributed by atoms with Crippen molar-refractivity contribution >= 4 is 17.5 Å². The molecule has 0 radical (unpaired) electrons. The van der Waals surface area contributed by atoms with E-state index in [1.807, 2.05) is 23.1 Å². The zero-order valence-corrected chi connectivity index (χ0v) is 14.0. The number of furan rings is 1. The fourth-order valence-electron chi connectivity index (χ4n) is 3.65. The number of aryl methyl sites for hydroxylation is 1. The highest BCUT2D eigenvalue weighted by atomic mass is 16.3. The molecule has 1 unspecified atom stereocenters. The van der Waals surface area contributed by atoms with Gasteiger partial charge in [-0.1, -0.05) is 18.2 Å². The molecule has 1 N–H and O–H groups in total. The van der Waals surface area contributed by atoms with Crippen LogP contribution < -0.4 is 5.32 Å². The van der Waals surface area contributed by atoms with E-state index in [0.29, 0.717) is 31.7 Å². The minimum Gasteiger partial charge on any atom is -0.472 e. The smallest absolute Gasteiger partial charge is 0.257 e.